The van der Waals surface area contributed by atoms with Crippen LogP contribution >= 0.6 is 0 Å². The first kappa shape index (κ1) is 14.4. The van der Waals surface area contributed by atoms with Gasteiger partial charge in [-0.3, -0.25) is 9.69 Å². The van der Waals surface area contributed by atoms with Crippen LogP contribution in [-0.4, -0.2) is 36.6 Å². The molecule has 0 amide bonds. The number of hydrogen-bond acceptors (Lipinski definition) is 4. The predicted octanol–water partition coefficient (Wildman–Crippen LogP) is 3.25. The molecule has 1 aromatic rings. The maximum absolute atomic E-state index is 12.5. The van der Waals surface area contributed by atoms with Crippen molar-refractivity contribution in [2.45, 2.75) is 45.1 Å². The van der Waals surface area contributed by atoms with Crippen LogP contribution in [0.1, 0.15) is 49.4 Å². The average molecular weight is 289 g/mol. The summed E-state index contributed by atoms with van der Waals surface area (Å²) in [6, 6.07) is 6.05. The molecular weight excluding hydrogens is 266 g/mol. The van der Waals surface area contributed by atoms with Crippen LogP contribution in [0.4, 0.5) is 0 Å². The number of benzene rings is 1. The Morgan fingerprint density at radius 3 is 3.00 bits per heavy atom. The summed E-state index contributed by atoms with van der Waals surface area (Å²) in [6.45, 7) is 4.02. The van der Waals surface area contributed by atoms with Crippen molar-refractivity contribution < 1.29 is 14.3 Å². The van der Waals surface area contributed by atoms with Crippen molar-refractivity contribution in [2.24, 2.45) is 0 Å². The third-order valence-corrected chi connectivity index (χ3v) is 4.41. The molecule has 1 fully saturated rings. The third-order valence-electron chi connectivity index (χ3n) is 4.41. The van der Waals surface area contributed by atoms with Gasteiger partial charge in [0, 0.05) is 11.6 Å². The van der Waals surface area contributed by atoms with Gasteiger partial charge in [0.05, 0.1) is 6.54 Å². The standard InChI is InChI=1S/C17H23NO3/c1-2-5-14-6-3-4-9-18(14)11-15(19)13-7-8-16-17(10-13)21-12-20-16/h7-8,10,14H,2-6,9,11-12H2,1H3. The molecule has 0 aliphatic carbocycles. The predicted molar refractivity (Wildman–Crippen MR) is 81.0 cm³/mol. The van der Waals surface area contributed by atoms with Gasteiger partial charge in [0.15, 0.2) is 17.3 Å². The first-order valence-corrected chi connectivity index (χ1v) is 7.95. The van der Waals surface area contributed by atoms with E-state index in [1.165, 1.54) is 32.1 Å². The molecule has 1 saturated heterocycles. The highest BCUT2D eigenvalue weighted by molar-refractivity contribution is 5.98. The second-order valence-corrected chi connectivity index (χ2v) is 5.90. The SMILES string of the molecule is CCCC1CCCCN1CC(=O)c1ccc2c(c1)OCO2. The van der Waals surface area contributed by atoms with Gasteiger partial charge in [-0.05, 0) is 44.0 Å². The average Bonchev–Trinajstić information content (AvgIpc) is 2.97. The fraction of sp³-hybridized carbons (Fsp3) is 0.588. The van der Waals surface area contributed by atoms with E-state index in [1.807, 2.05) is 18.2 Å². The van der Waals surface area contributed by atoms with Crippen molar-refractivity contribution in [2.75, 3.05) is 19.9 Å². The van der Waals surface area contributed by atoms with E-state index < -0.39 is 0 Å². The third kappa shape index (κ3) is 3.21. The number of carbonyl (C=O) groups excluding carboxylic acids is 1. The summed E-state index contributed by atoms with van der Waals surface area (Å²) in [5.74, 6) is 1.59. The minimum atomic E-state index is 0.177. The van der Waals surface area contributed by atoms with Crippen molar-refractivity contribution >= 4 is 5.78 Å². The topological polar surface area (TPSA) is 38.8 Å². The van der Waals surface area contributed by atoms with Crippen LogP contribution in [0.5, 0.6) is 11.5 Å². The highest BCUT2D eigenvalue weighted by Crippen LogP contribution is 2.32. The maximum Gasteiger partial charge on any atom is 0.231 e. The molecule has 0 N–H and O–H groups in total. The molecule has 21 heavy (non-hydrogen) atoms. The van der Waals surface area contributed by atoms with E-state index in [4.69, 9.17) is 9.47 Å². The first-order valence-electron chi connectivity index (χ1n) is 7.95. The Kier molecular flexibility index (Phi) is 4.44. The fourth-order valence-corrected chi connectivity index (χ4v) is 3.27. The van der Waals surface area contributed by atoms with Crippen LogP contribution < -0.4 is 9.47 Å². The van der Waals surface area contributed by atoms with Gasteiger partial charge in [-0.2, -0.15) is 0 Å². The number of ketones is 1. The van der Waals surface area contributed by atoms with E-state index >= 15 is 0 Å². The van der Waals surface area contributed by atoms with Gasteiger partial charge < -0.3 is 9.47 Å². The number of ether oxygens (including phenoxy) is 2. The summed E-state index contributed by atoms with van der Waals surface area (Å²) in [6.07, 6.45) is 6.09. The van der Waals surface area contributed by atoms with Crippen molar-refractivity contribution in [1.29, 1.82) is 0 Å². The molecule has 3 rings (SSSR count). The molecule has 0 bridgehead atoms. The van der Waals surface area contributed by atoms with Gasteiger partial charge in [0.1, 0.15) is 0 Å². The van der Waals surface area contributed by atoms with Gasteiger partial charge in [0.25, 0.3) is 0 Å². The Morgan fingerprint density at radius 2 is 2.14 bits per heavy atom. The van der Waals surface area contributed by atoms with Gasteiger partial charge in [-0.15, -0.1) is 0 Å². The van der Waals surface area contributed by atoms with E-state index in [0.717, 1.165) is 17.9 Å². The molecule has 1 atom stereocenters. The number of fused-ring (bicyclic) bond motifs is 1. The second kappa shape index (κ2) is 6.48. The molecule has 1 aromatic carbocycles. The fourth-order valence-electron chi connectivity index (χ4n) is 3.27. The van der Waals surface area contributed by atoms with E-state index in [9.17, 15) is 4.79 Å². The minimum Gasteiger partial charge on any atom is -0.454 e. The van der Waals surface area contributed by atoms with E-state index in [1.54, 1.807) is 0 Å². The molecule has 1 unspecified atom stereocenters. The summed E-state index contributed by atoms with van der Waals surface area (Å²) in [4.78, 5) is 14.9. The molecule has 2 aliphatic heterocycles. The molecule has 4 heteroatoms. The number of carbonyl (C=O) groups is 1. The van der Waals surface area contributed by atoms with Crippen LogP contribution in [0.25, 0.3) is 0 Å². The van der Waals surface area contributed by atoms with E-state index in [2.05, 4.69) is 11.8 Å². The summed E-state index contributed by atoms with van der Waals surface area (Å²) >= 11 is 0. The van der Waals surface area contributed by atoms with Crippen molar-refractivity contribution in [3.05, 3.63) is 23.8 Å². The molecule has 0 aromatic heterocycles. The monoisotopic (exact) mass is 289 g/mol. The number of hydrogen-bond donors (Lipinski definition) is 0. The maximum atomic E-state index is 12.5. The molecule has 2 aliphatic rings. The number of Topliss-reactive ketones (excluding diaryl/α,β-unsaturated/α-hetero) is 1. The van der Waals surface area contributed by atoms with Crippen LogP contribution in [0.2, 0.25) is 0 Å². The van der Waals surface area contributed by atoms with Crippen LogP contribution in [0.3, 0.4) is 0 Å². The van der Waals surface area contributed by atoms with Gasteiger partial charge in [0.2, 0.25) is 6.79 Å². The van der Waals surface area contributed by atoms with Gasteiger partial charge in [-0.1, -0.05) is 19.8 Å². The van der Waals surface area contributed by atoms with E-state index in [0.29, 0.717) is 18.3 Å². The lowest BCUT2D eigenvalue weighted by Gasteiger charge is -2.35. The number of nitrogens with zero attached hydrogens (tertiary/aromatic N) is 1. The lowest BCUT2D eigenvalue weighted by Crippen LogP contribution is -2.42. The summed E-state index contributed by atoms with van der Waals surface area (Å²) in [5.41, 5.74) is 0.722. The Balaban J connectivity index is 1.67. The number of rotatable bonds is 5. The quantitative estimate of drug-likeness (QED) is 0.780. The normalized spacial score (nSPS) is 21.5. The highest BCUT2D eigenvalue weighted by Gasteiger charge is 2.24. The number of likely N-dealkylation sites (tertiary alicyclic amines) is 1. The lowest BCUT2D eigenvalue weighted by molar-refractivity contribution is 0.0830. The Hall–Kier alpha value is -1.55. The minimum absolute atomic E-state index is 0.177. The van der Waals surface area contributed by atoms with E-state index in [-0.39, 0.29) is 12.6 Å². The van der Waals surface area contributed by atoms with Crippen molar-refractivity contribution in [3.8, 4) is 11.5 Å². The highest BCUT2D eigenvalue weighted by atomic mass is 16.7. The Bertz CT molecular complexity index is 513. The molecular formula is C17H23NO3. The van der Waals surface area contributed by atoms with Crippen molar-refractivity contribution in [1.82, 2.24) is 4.90 Å². The molecule has 2 heterocycles. The summed E-state index contributed by atoms with van der Waals surface area (Å²) in [7, 11) is 0. The van der Waals surface area contributed by atoms with Gasteiger partial charge >= 0.3 is 0 Å². The molecule has 114 valence electrons. The van der Waals surface area contributed by atoms with Gasteiger partial charge in [-0.25, -0.2) is 0 Å². The van der Waals surface area contributed by atoms with Crippen LogP contribution in [0.15, 0.2) is 18.2 Å². The first-order chi connectivity index (χ1) is 10.3. The van der Waals surface area contributed by atoms with Crippen LogP contribution in [-0.2, 0) is 0 Å². The Morgan fingerprint density at radius 1 is 1.29 bits per heavy atom. The van der Waals surface area contributed by atoms with Crippen LogP contribution in [0, 0.1) is 0 Å². The summed E-state index contributed by atoms with van der Waals surface area (Å²) in [5, 5.41) is 0. The zero-order valence-electron chi connectivity index (χ0n) is 12.6. The second-order valence-electron chi connectivity index (χ2n) is 5.90. The zero-order chi connectivity index (χ0) is 14.7. The molecule has 0 spiro atoms. The Labute approximate surface area is 126 Å². The number of piperidine rings is 1. The molecule has 0 saturated carbocycles. The summed E-state index contributed by atoms with van der Waals surface area (Å²) < 4.78 is 10.6. The zero-order valence-corrected chi connectivity index (χ0v) is 12.6. The lowest BCUT2D eigenvalue weighted by atomic mass is 9.97. The van der Waals surface area contributed by atoms with Crippen molar-refractivity contribution in [3.63, 3.8) is 0 Å². The largest absolute Gasteiger partial charge is 0.454 e. The molecule has 0 radical (unpaired) electrons. The molecule has 4 nitrogen and oxygen atoms in total. The smallest absolute Gasteiger partial charge is 0.231 e.